The Morgan fingerprint density at radius 2 is 2.16 bits per heavy atom. The second-order valence-corrected chi connectivity index (χ2v) is 4.96. The number of thiophene rings is 1. The van der Waals surface area contributed by atoms with Crippen LogP contribution in [-0.2, 0) is 0 Å². The van der Waals surface area contributed by atoms with E-state index >= 15 is 0 Å². The summed E-state index contributed by atoms with van der Waals surface area (Å²) < 4.78 is 6.66. The fourth-order valence-corrected chi connectivity index (χ4v) is 2.82. The standard InChI is InChI=1S/C14H13N3OS/c1-3-18-14-10(5-4-7-15-14)12-13-11(6-8-19-13)16-9(2)17-12/h4-8H,3H2,1-2H3. The van der Waals surface area contributed by atoms with Crippen molar-refractivity contribution in [3.05, 3.63) is 35.6 Å². The molecule has 5 heteroatoms. The minimum absolute atomic E-state index is 0.585. The molecule has 0 unspecified atom stereocenters. The van der Waals surface area contributed by atoms with Gasteiger partial charge in [0, 0.05) is 6.20 Å². The molecule has 3 aromatic heterocycles. The molecule has 0 aliphatic rings. The molecule has 0 aromatic carbocycles. The third-order valence-electron chi connectivity index (χ3n) is 2.72. The van der Waals surface area contributed by atoms with Crippen molar-refractivity contribution in [2.75, 3.05) is 6.61 Å². The molecule has 3 heterocycles. The Labute approximate surface area is 115 Å². The monoisotopic (exact) mass is 271 g/mol. The van der Waals surface area contributed by atoms with Gasteiger partial charge in [0.15, 0.2) is 0 Å². The Morgan fingerprint density at radius 3 is 3.00 bits per heavy atom. The Kier molecular flexibility index (Phi) is 3.13. The van der Waals surface area contributed by atoms with Crippen LogP contribution in [0.2, 0.25) is 0 Å². The summed E-state index contributed by atoms with van der Waals surface area (Å²) in [6.45, 7) is 4.43. The fourth-order valence-electron chi connectivity index (χ4n) is 1.98. The Hall–Kier alpha value is -2.01. The van der Waals surface area contributed by atoms with E-state index < -0.39 is 0 Å². The van der Waals surface area contributed by atoms with Crippen LogP contribution in [0.5, 0.6) is 5.88 Å². The summed E-state index contributed by atoms with van der Waals surface area (Å²) in [5.74, 6) is 1.38. The molecule has 0 aliphatic carbocycles. The van der Waals surface area contributed by atoms with Gasteiger partial charge in [0.2, 0.25) is 5.88 Å². The zero-order chi connectivity index (χ0) is 13.2. The van der Waals surface area contributed by atoms with Crippen molar-refractivity contribution in [1.29, 1.82) is 0 Å². The van der Waals surface area contributed by atoms with Crippen LogP contribution in [0.25, 0.3) is 21.5 Å². The summed E-state index contributed by atoms with van der Waals surface area (Å²) in [6, 6.07) is 5.89. The number of hydrogen-bond acceptors (Lipinski definition) is 5. The Bertz CT molecular complexity index is 724. The number of nitrogens with zero attached hydrogens (tertiary/aromatic N) is 3. The van der Waals surface area contributed by atoms with Crippen molar-refractivity contribution >= 4 is 21.6 Å². The van der Waals surface area contributed by atoms with Gasteiger partial charge in [0.1, 0.15) is 5.82 Å². The van der Waals surface area contributed by atoms with E-state index in [0.29, 0.717) is 12.5 Å². The first-order chi connectivity index (χ1) is 9.29. The van der Waals surface area contributed by atoms with E-state index in [4.69, 9.17) is 4.74 Å². The quantitative estimate of drug-likeness (QED) is 0.732. The molecule has 0 N–H and O–H groups in total. The zero-order valence-corrected chi connectivity index (χ0v) is 11.6. The van der Waals surface area contributed by atoms with Gasteiger partial charge in [-0.15, -0.1) is 11.3 Å². The molecule has 0 atom stereocenters. The average Bonchev–Trinajstić information content (AvgIpc) is 2.87. The second-order valence-electron chi connectivity index (χ2n) is 4.04. The van der Waals surface area contributed by atoms with E-state index in [1.165, 1.54) is 0 Å². The molecule has 4 nitrogen and oxygen atoms in total. The lowest BCUT2D eigenvalue weighted by atomic mass is 10.2. The average molecular weight is 271 g/mol. The third-order valence-corrected chi connectivity index (χ3v) is 3.63. The molecule has 0 spiro atoms. The maximum Gasteiger partial charge on any atom is 0.222 e. The van der Waals surface area contributed by atoms with Crippen molar-refractivity contribution in [2.45, 2.75) is 13.8 Å². The fraction of sp³-hybridized carbons (Fsp3) is 0.214. The number of aromatic nitrogens is 3. The summed E-state index contributed by atoms with van der Waals surface area (Å²) in [5, 5.41) is 2.03. The van der Waals surface area contributed by atoms with Gasteiger partial charge < -0.3 is 4.74 Å². The molecular weight excluding hydrogens is 258 g/mol. The van der Waals surface area contributed by atoms with Gasteiger partial charge in [0.25, 0.3) is 0 Å². The number of aryl methyl sites for hydroxylation is 1. The minimum atomic E-state index is 0.585. The van der Waals surface area contributed by atoms with Crippen LogP contribution < -0.4 is 4.74 Å². The minimum Gasteiger partial charge on any atom is -0.477 e. The summed E-state index contributed by atoms with van der Waals surface area (Å²) in [5.41, 5.74) is 2.79. The lowest BCUT2D eigenvalue weighted by molar-refractivity contribution is 0.328. The molecule has 0 saturated heterocycles. The van der Waals surface area contributed by atoms with E-state index in [1.807, 2.05) is 37.4 Å². The van der Waals surface area contributed by atoms with E-state index in [2.05, 4.69) is 15.0 Å². The summed E-state index contributed by atoms with van der Waals surface area (Å²) in [6.07, 6.45) is 1.73. The lowest BCUT2D eigenvalue weighted by Gasteiger charge is -2.09. The van der Waals surface area contributed by atoms with Crippen molar-refractivity contribution < 1.29 is 4.74 Å². The molecule has 0 amide bonds. The molecule has 0 saturated carbocycles. The normalized spacial score (nSPS) is 10.8. The highest BCUT2D eigenvalue weighted by Gasteiger charge is 2.14. The Balaban J connectivity index is 2.26. The first-order valence-electron chi connectivity index (χ1n) is 6.09. The molecule has 3 rings (SSSR count). The number of hydrogen-bond donors (Lipinski definition) is 0. The second kappa shape index (κ2) is 4.93. The van der Waals surface area contributed by atoms with Gasteiger partial charge in [-0.2, -0.15) is 0 Å². The van der Waals surface area contributed by atoms with E-state index in [0.717, 1.165) is 27.3 Å². The molecule has 0 aliphatic heterocycles. The largest absolute Gasteiger partial charge is 0.477 e. The van der Waals surface area contributed by atoms with Crippen LogP contribution in [-0.4, -0.2) is 21.6 Å². The third kappa shape index (κ3) is 2.17. The highest BCUT2D eigenvalue weighted by molar-refractivity contribution is 7.17. The maximum absolute atomic E-state index is 5.59. The number of pyridine rings is 1. The Morgan fingerprint density at radius 1 is 1.26 bits per heavy atom. The SMILES string of the molecule is CCOc1ncccc1-c1nc(C)nc2ccsc12. The molecular formula is C14H13N3OS. The van der Waals surface area contributed by atoms with E-state index in [-0.39, 0.29) is 0 Å². The number of rotatable bonds is 3. The molecule has 19 heavy (non-hydrogen) atoms. The van der Waals surface area contributed by atoms with Crippen molar-refractivity contribution in [3.63, 3.8) is 0 Å². The van der Waals surface area contributed by atoms with Crippen LogP contribution >= 0.6 is 11.3 Å². The molecule has 0 bridgehead atoms. The summed E-state index contributed by atoms with van der Waals surface area (Å²) in [7, 11) is 0. The van der Waals surface area contributed by atoms with Crippen LogP contribution in [0.1, 0.15) is 12.7 Å². The van der Waals surface area contributed by atoms with Gasteiger partial charge in [-0.3, -0.25) is 0 Å². The van der Waals surface area contributed by atoms with Gasteiger partial charge in [-0.05, 0) is 37.4 Å². The molecule has 96 valence electrons. The molecule has 0 fully saturated rings. The van der Waals surface area contributed by atoms with Crippen LogP contribution in [0.4, 0.5) is 0 Å². The van der Waals surface area contributed by atoms with Crippen LogP contribution in [0.15, 0.2) is 29.8 Å². The zero-order valence-electron chi connectivity index (χ0n) is 10.8. The number of fused-ring (bicyclic) bond motifs is 1. The van der Waals surface area contributed by atoms with E-state index in [9.17, 15) is 0 Å². The predicted octanol–water partition coefficient (Wildman–Crippen LogP) is 3.46. The van der Waals surface area contributed by atoms with Crippen LogP contribution in [0, 0.1) is 6.92 Å². The topological polar surface area (TPSA) is 47.9 Å². The van der Waals surface area contributed by atoms with Crippen molar-refractivity contribution in [2.24, 2.45) is 0 Å². The van der Waals surface area contributed by atoms with Gasteiger partial charge in [0.05, 0.1) is 28.1 Å². The highest BCUT2D eigenvalue weighted by Crippen LogP contribution is 2.34. The van der Waals surface area contributed by atoms with Crippen LogP contribution in [0.3, 0.4) is 0 Å². The van der Waals surface area contributed by atoms with Crippen molar-refractivity contribution in [3.8, 4) is 17.1 Å². The van der Waals surface area contributed by atoms with E-state index in [1.54, 1.807) is 17.5 Å². The first kappa shape index (κ1) is 12.0. The molecule has 0 radical (unpaired) electrons. The van der Waals surface area contributed by atoms with Gasteiger partial charge in [-0.25, -0.2) is 15.0 Å². The van der Waals surface area contributed by atoms with Gasteiger partial charge >= 0.3 is 0 Å². The smallest absolute Gasteiger partial charge is 0.222 e. The lowest BCUT2D eigenvalue weighted by Crippen LogP contribution is -1.99. The molecule has 3 aromatic rings. The van der Waals surface area contributed by atoms with Crippen molar-refractivity contribution in [1.82, 2.24) is 15.0 Å². The maximum atomic E-state index is 5.59. The summed E-state index contributed by atoms with van der Waals surface area (Å²) >= 11 is 1.64. The predicted molar refractivity (Wildman–Crippen MR) is 76.6 cm³/mol. The number of ether oxygens (including phenoxy) is 1. The summed E-state index contributed by atoms with van der Waals surface area (Å²) in [4.78, 5) is 13.3. The van der Waals surface area contributed by atoms with Gasteiger partial charge in [-0.1, -0.05) is 0 Å². The highest BCUT2D eigenvalue weighted by atomic mass is 32.1. The first-order valence-corrected chi connectivity index (χ1v) is 6.97.